The highest BCUT2D eigenvalue weighted by molar-refractivity contribution is 14.1. The molecule has 0 spiro atoms. The lowest BCUT2D eigenvalue weighted by Crippen LogP contribution is -2.07. The molecule has 0 saturated heterocycles. The van der Waals surface area contributed by atoms with E-state index >= 15 is 0 Å². The number of aryl methyl sites for hydroxylation is 1. The summed E-state index contributed by atoms with van der Waals surface area (Å²) in [6.45, 7) is 2.19. The molecule has 1 N–H and O–H groups in total. The van der Waals surface area contributed by atoms with Crippen LogP contribution in [0.1, 0.15) is 11.3 Å². The predicted molar refractivity (Wildman–Crippen MR) is 95.2 cm³/mol. The highest BCUT2D eigenvalue weighted by Gasteiger charge is 2.19. The van der Waals surface area contributed by atoms with Crippen LogP contribution in [0.15, 0.2) is 24.4 Å². The molecule has 0 amide bonds. The molecule has 1 heterocycles. The summed E-state index contributed by atoms with van der Waals surface area (Å²) in [5, 5.41) is 14.3. The van der Waals surface area contributed by atoms with Crippen LogP contribution in [0.4, 0.5) is 11.4 Å². The van der Waals surface area contributed by atoms with Crippen LogP contribution in [0, 0.1) is 20.6 Å². The summed E-state index contributed by atoms with van der Waals surface area (Å²) in [7, 11) is 3.15. The average Bonchev–Trinajstić information content (AvgIpc) is 2.55. The molecule has 0 aliphatic heterocycles. The smallest absolute Gasteiger partial charge is 0.311 e. The Balaban J connectivity index is 2.31. The first-order chi connectivity index (χ1) is 11.0. The predicted octanol–water partition coefficient (Wildman–Crippen LogP) is 3.53. The number of nitro groups is 1. The first-order valence-corrected chi connectivity index (χ1v) is 7.80. The van der Waals surface area contributed by atoms with Crippen molar-refractivity contribution in [1.82, 2.24) is 4.98 Å². The van der Waals surface area contributed by atoms with E-state index in [1.165, 1.54) is 6.20 Å². The van der Waals surface area contributed by atoms with Crippen LogP contribution in [-0.2, 0) is 6.54 Å². The molecule has 0 unspecified atom stereocenters. The lowest BCUT2D eigenvalue weighted by atomic mass is 10.2. The zero-order valence-electron chi connectivity index (χ0n) is 12.9. The third-order valence-electron chi connectivity index (χ3n) is 3.32. The Morgan fingerprint density at radius 2 is 2.09 bits per heavy atom. The first kappa shape index (κ1) is 17.3. The molecule has 23 heavy (non-hydrogen) atoms. The van der Waals surface area contributed by atoms with E-state index in [0.29, 0.717) is 23.7 Å². The molecule has 0 atom stereocenters. The van der Waals surface area contributed by atoms with Crippen molar-refractivity contribution in [2.24, 2.45) is 0 Å². The maximum absolute atomic E-state index is 11.2. The van der Waals surface area contributed by atoms with Crippen LogP contribution < -0.4 is 14.8 Å². The van der Waals surface area contributed by atoms with E-state index in [9.17, 15) is 10.1 Å². The molecule has 122 valence electrons. The van der Waals surface area contributed by atoms with E-state index in [1.807, 2.05) is 19.1 Å². The van der Waals surface area contributed by atoms with Crippen LogP contribution in [0.5, 0.6) is 11.5 Å². The van der Waals surface area contributed by atoms with Gasteiger partial charge in [0.2, 0.25) is 0 Å². The number of hydrogen-bond acceptors (Lipinski definition) is 6. The molecule has 0 fully saturated rings. The van der Waals surface area contributed by atoms with Crippen LogP contribution in [-0.4, -0.2) is 24.1 Å². The Labute approximate surface area is 147 Å². The van der Waals surface area contributed by atoms with E-state index in [2.05, 4.69) is 32.9 Å². The number of halogens is 1. The summed E-state index contributed by atoms with van der Waals surface area (Å²) in [6, 6.07) is 5.45. The summed E-state index contributed by atoms with van der Waals surface area (Å²) in [5.41, 5.74) is 2.02. The van der Waals surface area contributed by atoms with Gasteiger partial charge < -0.3 is 14.8 Å². The van der Waals surface area contributed by atoms with Crippen molar-refractivity contribution in [3.8, 4) is 11.5 Å². The molecular weight excluding hydrogens is 413 g/mol. The second-order valence-corrected chi connectivity index (χ2v) is 5.79. The quantitative estimate of drug-likeness (QED) is 0.430. The number of aromatic nitrogens is 1. The molecule has 8 heteroatoms. The lowest BCUT2D eigenvalue weighted by Gasteiger charge is -2.13. The van der Waals surface area contributed by atoms with Crippen LogP contribution in [0.25, 0.3) is 0 Å². The first-order valence-electron chi connectivity index (χ1n) is 6.72. The summed E-state index contributed by atoms with van der Waals surface area (Å²) in [6.07, 6.45) is 1.27. The van der Waals surface area contributed by atoms with Gasteiger partial charge in [-0.2, -0.15) is 0 Å². The normalized spacial score (nSPS) is 10.3. The summed E-state index contributed by atoms with van der Waals surface area (Å²) >= 11 is 2.06. The fraction of sp³-hybridized carbons (Fsp3) is 0.267. The Kier molecular flexibility index (Phi) is 5.59. The lowest BCUT2D eigenvalue weighted by molar-refractivity contribution is -0.384. The second-order valence-electron chi connectivity index (χ2n) is 4.71. The van der Waals surface area contributed by atoms with Gasteiger partial charge >= 0.3 is 5.69 Å². The van der Waals surface area contributed by atoms with Crippen LogP contribution in [0.2, 0.25) is 0 Å². The molecule has 7 nitrogen and oxygen atoms in total. The van der Waals surface area contributed by atoms with Gasteiger partial charge in [0.05, 0.1) is 28.4 Å². The Morgan fingerprint density at radius 1 is 1.35 bits per heavy atom. The minimum atomic E-state index is -0.442. The number of pyridine rings is 1. The van der Waals surface area contributed by atoms with Gasteiger partial charge in [-0.15, -0.1) is 0 Å². The largest absolute Gasteiger partial charge is 0.497 e. The van der Waals surface area contributed by atoms with Gasteiger partial charge in [-0.3, -0.25) is 15.1 Å². The number of nitrogens with one attached hydrogen (secondary N) is 1. The molecule has 0 aliphatic rings. The fourth-order valence-electron chi connectivity index (χ4n) is 2.06. The molecular formula is C15H16IN3O4. The zero-order valence-corrected chi connectivity index (χ0v) is 15.1. The van der Waals surface area contributed by atoms with Crippen LogP contribution in [0.3, 0.4) is 0 Å². The monoisotopic (exact) mass is 429 g/mol. The highest BCUT2D eigenvalue weighted by Crippen LogP contribution is 2.32. The minimum Gasteiger partial charge on any atom is -0.497 e. The third-order valence-corrected chi connectivity index (χ3v) is 4.64. The Hall–Kier alpha value is -2.10. The molecule has 0 saturated carbocycles. The van der Waals surface area contributed by atoms with E-state index in [-0.39, 0.29) is 5.69 Å². The van der Waals surface area contributed by atoms with Gasteiger partial charge in [-0.25, -0.2) is 0 Å². The number of nitrogens with zero attached hydrogens (tertiary/aromatic N) is 2. The summed E-state index contributed by atoms with van der Waals surface area (Å²) in [5.74, 6) is 1.34. The number of ether oxygens (including phenoxy) is 2. The van der Waals surface area contributed by atoms with Gasteiger partial charge in [-0.05, 0) is 41.6 Å². The Morgan fingerprint density at radius 3 is 2.70 bits per heavy atom. The van der Waals surface area contributed by atoms with Gasteiger partial charge in [0, 0.05) is 18.2 Å². The average molecular weight is 429 g/mol. The SMILES string of the molecule is COc1ccc(CNc2c([N+](=O)[O-])cnc(C)c2I)c(OC)c1. The van der Waals surface area contributed by atoms with Gasteiger partial charge in [0.15, 0.2) is 0 Å². The fourth-order valence-corrected chi connectivity index (χ4v) is 2.67. The number of anilines is 1. The number of methoxy groups -OCH3 is 2. The molecule has 0 bridgehead atoms. The maximum Gasteiger partial charge on any atom is 0.311 e. The van der Waals surface area contributed by atoms with Crippen molar-refractivity contribution in [1.29, 1.82) is 0 Å². The summed E-state index contributed by atoms with van der Waals surface area (Å²) < 4.78 is 11.2. The van der Waals surface area contributed by atoms with E-state index < -0.39 is 4.92 Å². The highest BCUT2D eigenvalue weighted by atomic mass is 127. The van der Waals surface area contributed by atoms with Crippen LogP contribution >= 0.6 is 22.6 Å². The van der Waals surface area contributed by atoms with Crippen molar-refractivity contribution < 1.29 is 14.4 Å². The maximum atomic E-state index is 11.2. The molecule has 0 radical (unpaired) electrons. The van der Waals surface area contributed by atoms with E-state index in [0.717, 1.165) is 14.8 Å². The third kappa shape index (κ3) is 3.81. The van der Waals surface area contributed by atoms with Crippen molar-refractivity contribution >= 4 is 34.0 Å². The molecule has 2 aromatic rings. The van der Waals surface area contributed by atoms with E-state index in [4.69, 9.17) is 9.47 Å². The van der Waals surface area contributed by atoms with Gasteiger partial charge in [0.25, 0.3) is 0 Å². The summed E-state index contributed by atoms with van der Waals surface area (Å²) in [4.78, 5) is 14.8. The zero-order chi connectivity index (χ0) is 17.0. The molecule has 0 aliphatic carbocycles. The standard InChI is InChI=1S/C15H16IN3O4/c1-9-14(16)15(12(8-17-9)19(20)21)18-7-10-4-5-11(22-2)6-13(10)23-3/h4-6,8H,7H2,1-3H3,(H,17,18). The van der Waals surface area contributed by atoms with Gasteiger partial charge in [-0.1, -0.05) is 0 Å². The van der Waals surface area contributed by atoms with Crippen molar-refractivity contribution in [2.45, 2.75) is 13.5 Å². The van der Waals surface area contributed by atoms with Crippen molar-refractivity contribution in [3.63, 3.8) is 0 Å². The number of benzene rings is 1. The number of rotatable bonds is 6. The van der Waals surface area contributed by atoms with E-state index in [1.54, 1.807) is 20.3 Å². The molecule has 1 aromatic heterocycles. The molecule has 1 aromatic carbocycles. The van der Waals surface area contributed by atoms with Crippen molar-refractivity contribution in [3.05, 3.63) is 49.3 Å². The van der Waals surface area contributed by atoms with Crippen molar-refractivity contribution in [2.75, 3.05) is 19.5 Å². The number of hydrogen-bond donors (Lipinski definition) is 1. The van der Waals surface area contributed by atoms with Gasteiger partial charge in [0.1, 0.15) is 23.4 Å². The Bertz CT molecular complexity index is 737. The molecule has 2 rings (SSSR count). The minimum absolute atomic E-state index is 0.0486. The topological polar surface area (TPSA) is 86.5 Å². The second kappa shape index (κ2) is 7.44.